The van der Waals surface area contributed by atoms with Gasteiger partial charge in [0.05, 0.1) is 6.04 Å². The monoisotopic (exact) mass is 390 g/mol. The average Bonchev–Trinajstić information content (AvgIpc) is 2.92. The summed E-state index contributed by atoms with van der Waals surface area (Å²) >= 11 is 3.38. The number of hydrogen-bond donors (Lipinski definition) is 2. The van der Waals surface area contributed by atoms with Crippen LogP contribution in [0.25, 0.3) is 0 Å². The normalized spacial score (nSPS) is 26.9. The Morgan fingerprint density at radius 1 is 1.36 bits per heavy atom. The van der Waals surface area contributed by atoms with E-state index >= 15 is 0 Å². The Morgan fingerprint density at radius 2 is 2.14 bits per heavy atom. The molecule has 1 saturated carbocycles. The number of nitrogens with one attached hydrogen (secondary N) is 2. The Labute approximate surface area is 145 Å². The third kappa shape index (κ3) is 4.00. The zero-order chi connectivity index (χ0) is 14.8. The van der Waals surface area contributed by atoms with Crippen molar-refractivity contribution in [3.05, 3.63) is 34.1 Å². The van der Waals surface area contributed by atoms with Crippen LogP contribution in [-0.4, -0.2) is 18.0 Å². The van der Waals surface area contributed by atoms with E-state index in [1.54, 1.807) is 6.07 Å². The Morgan fingerprint density at radius 3 is 2.91 bits per heavy atom. The van der Waals surface area contributed by atoms with Crippen LogP contribution >= 0.6 is 28.3 Å². The van der Waals surface area contributed by atoms with Crippen molar-refractivity contribution in [2.75, 3.05) is 0 Å². The lowest BCUT2D eigenvalue weighted by Crippen LogP contribution is -2.42. The van der Waals surface area contributed by atoms with Gasteiger partial charge in [-0.05, 0) is 48.9 Å². The Balaban J connectivity index is 0.00000176. The summed E-state index contributed by atoms with van der Waals surface area (Å²) in [4.78, 5) is 12.3. The van der Waals surface area contributed by atoms with Gasteiger partial charge >= 0.3 is 0 Å². The maximum absolute atomic E-state index is 13.2. The van der Waals surface area contributed by atoms with Crippen LogP contribution in [0, 0.1) is 11.7 Å². The van der Waals surface area contributed by atoms with Crippen LogP contribution in [0.4, 0.5) is 4.39 Å². The van der Waals surface area contributed by atoms with E-state index in [0.717, 1.165) is 16.5 Å². The maximum Gasteiger partial charge on any atom is 0.237 e. The van der Waals surface area contributed by atoms with Gasteiger partial charge in [0, 0.05) is 17.1 Å². The van der Waals surface area contributed by atoms with Crippen molar-refractivity contribution in [1.82, 2.24) is 10.6 Å². The molecule has 2 N–H and O–H groups in total. The minimum absolute atomic E-state index is 0. The smallest absolute Gasteiger partial charge is 0.237 e. The molecule has 6 heteroatoms. The van der Waals surface area contributed by atoms with Crippen LogP contribution in [0.1, 0.15) is 37.7 Å². The molecule has 2 fully saturated rings. The van der Waals surface area contributed by atoms with Gasteiger partial charge in [-0.2, -0.15) is 0 Å². The van der Waals surface area contributed by atoms with Gasteiger partial charge < -0.3 is 10.6 Å². The second kappa shape index (κ2) is 7.75. The fraction of sp³-hybridized carbons (Fsp3) is 0.562. The van der Waals surface area contributed by atoms with Crippen LogP contribution in [0.3, 0.4) is 0 Å². The highest BCUT2D eigenvalue weighted by atomic mass is 79.9. The van der Waals surface area contributed by atoms with Crippen LogP contribution < -0.4 is 10.6 Å². The van der Waals surface area contributed by atoms with Gasteiger partial charge in [-0.15, -0.1) is 12.4 Å². The molecule has 1 aliphatic heterocycles. The number of fused-ring (bicyclic) bond motifs is 1. The Hall–Kier alpha value is -0.650. The second-order valence-corrected chi connectivity index (χ2v) is 6.91. The van der Waals surface area contributed by atoms with Crippen molar-refractivity contribution < 1.29 is 9.18 Å². The first-order chi connectivity index (χ1) is 10.1. The van der Waals surface area contributed by atoms with Crippen molar-refractivity contribution in [2.45, 2.75) is 50.7 Å². The average molecular weight is 392 g/mol. The number of halogens is 3. The standard InChI is InChI=1S/C16H20BrFN2O.ClH/c17-13-6-5-12(18)7-11(13)9-19-16(21)15-8-10-3-1-2-4-14(10)20-15;/h5-7,10,14-15,20H,1-4,8-9H2,(H,19,21);1H. The SMILES string of the molecule is Cl.O=C(NCc1cc(F)ccc1Br)C1CC2CCCCC2N1. The molecule has 1 aliphatic carbocycles. The summed E-state index contributed by atoms with van der Waals surface area (Å²) < 4.78 is 14.0. The summed E-state index contributed by atoms with van der Waals surface area (Å²) in [5.74, 6) is 0.392. The van der Waals surface area contributed by atoms with Crippen molar-refractivity contribution >= 4 is 34.2 Å². The van der Waals surface area contributed by atoms with Gasteiger partial charge in [0.1, 0.15) is 5.82 Å². The van der Waals surface area contributed by atoms with E-state index in [1.807, 2.05) is 0 Å². The third-order valence-corrected chi connectivity index (χ3v) is 5.41. The van der Waals surface area contributed by atoms with E-state index < -0.39 is 0 Å². The molecule has 1 aromatic rings. The lowest BCUT2D eigenvalue weighted by atomic mass is 9.85. The molecule has 0 bridgehead atoms. The largest absolute Gasteiger partial charge is 0.351 e. The van der Waals surface area contributed by atoms with Crippen molar-refractivity contribution in [1.29, 1.82) is 0 Å². The Kier molecular flexibility index (Phi) is 6.24. The van der Waals surface area contributed by atoms with Crippen LogP contribution in [0.5, 0.6) is 0 Å². The summed E-state index contributed by atoms with van der Waals surface area (Å²) in [6, 6.07) is 4.94. The molecule has 0 aromatic heterocycles. The molecule has 1 aromatic carbocycles. The first-order valence-corrected chi connectivity index (χ1v) is 8.40. The number of benzene rings is 1. The number of amides is 1. The molecule has 1 saturated heterocycles. The summed E-state index contributed by atoms with van der Waals surface area (Å²) in [6.07, 6.45) is 5.90. The highest BCUT2D eigenvalue weighted by Crippen LogP contribution is 2.33. The second-order valence-electron chi connectivity index (χ2n) is 6.06. The quantitative estimate of drug-likeness (QED) is 0.827. The molecule has 122 valence electrons. The van der Waals surface area contributed by atoms with Crippen molar-refractivity contribution in [3.8, 4) is 0 Å². The summed E-state index contributed by atoms with van der Waals surface area (Å²) in [5, 5.41) is 6.38. The summed E-state index contributed by atoms with van der Waals surface area (Å²) in [5.41, 5.74) is 0.763. The molecule has 3 unspecified atom stereocenters. The fourth-order valence-electron chi connectivity index (χ4n) is 3.51. The predicted molar refractivity (Wildman–Crippen MR) is 90.5 cm³/mol. The van der Waals surface area contributed by atoms with Crippen LogP contribution in [-0.2, 0) is 11.3 Å². The minimum Gasteiger partial charge on any atom is -0.351 e. The molecule has 1 amide bonds. The fourth-order valence-corrected chi connectivity index (χ4v) is 3.89. The van der Waals surface area contributed by atoms with Gasteiger partial charge in [-0.1, -0.05) is 28.8 Å². The zero-order valence-electron chi connectivity index (χ0n) is 12.3. The van der Waals surface area contributed by atoms with E-state index in [0.29, 0.717) is 18.5 Å². The first-order valence-electron chi connectivity index (χ1n) is 7.61. The number of carbonyl (C=O) groups excluding carboxylic acids is 1. The van der Waals surface area contributed by atoms with Crippen LogP contribution in [0.15, 0.2) is 22.7 Å². The molecule has 22 heavy (non-hydrogen) atoms. The van der Waals surface area contributed by atoms with E-state index in [1.165, 1.54) is 37.8 Å². The molecule has 3 atom stereocenters. The molecule has 3 nitrogen and oxygen atoms in total. The number of carbonyl (C=O) groups is 1. The van der Waals surface area contributed by atoms with Gasteiger partial charge in [0.15, 0.2) is 0 Å². The molecule has 2 aliphatic rings. The lowest BCUT2D eigenvalue weighted by molar-refractivity contribution is -0.123. The zero-order valence-corrected chi connectivity index (χ0v) is 14.7. The molecular formula is C16H21BrClFN2O. The van der Waals surface area contributed by atoms with Gasteiger partial charge in [0.2, 0.25) is 5.91 Å². The molecule has 0 radical (unpaired) electrons. The number of hydrogen-bond acceptors (Lipinski definition) is 2. The third-order valence-electron chi connectivity index (χ3n) is 4.64. The van der Waals surface area contributed by atoms with E-state index in [9.17, 15) is 9.18 Å². The molecular weight excluding hydrogens is 371 g/mol. The molecule has 0 spiro atoms. The van der Waals surface area contributed by atoms with Crippen LogP contribution in [0.2, 0.25) is 0 Å². The topological polar surface area (TPSA) is 41.1 Å². The highest BCUT2D eigenvalue weighted by Gasteiger charge is 2.37. The Bertz CT molecular complexity index is 529. The number of rotatable bonds is 3. The first kappa shape index (κ1) is 17.7. The maximum atomic E-state index is 13.2. The van der Waals surface area contributed by atoms with Gasteiger partial charge in [-0.25, -0.2) is 4.39 Å². The summed E-state index contributed by atoms with van der Waals surface area (Å²) in [6.45, 7) is 0.352. The predicted octanol–water partition coefficient (Wildman–Crippen LogP) is 3.55. The van der Waals surface area contributed by atoms with E-state index in [2.05, 4.69) is 26.6 Å². The van der Waals surface area contributed by atoms with Crippen molar-refractivity contribution in [3.63, 3.8) is 0 Å². The lowest BCUT2D eigenvalue weighted by Gasteiger charge is -2.24. The van der Waals surface area contributed by atoms with Gasteiger partial charge in [0.25, 0.3) is 0 Å². The van der Waals surface area contributed by atoms with Gasteiger partial charge in [-0.3, -0.25) is 4.79 Å². The van der Waals surface area contributed by atoms with Crippen molar-refractivity contribution in [2.24, 2.45) is 5.92 Å². The van der Waals surface area contributed by atoms with E-state index in [4.69, 9.17) is 0 Å². The molecule has 1 heterocycles. The minimum atomic E-state index is -0.285. The van der Waals surface area contributed by atoms with E-state index in [-0.39, 0.29) is 30.2 Å². The highest BCUT2D eigenvalue weighted by molar-refractivity contribution is 9.10. The summed E-state index contributed by atoms with van der Waals surface area (Å²) in [7, 11) is 0. The molecule has 3 rings (SSSR count).